The van der Waals surface area contributed by atoms with Crippen LogP contribution in [-0.2, 0) is 4.74 Å². The highest BCUT2D eigenvalue weighted by Gasteiger charge is 2.18. The molecular formula is C13H24N6O. The summed E-state index contributed by atoms with van der Waals surface area (Å²) in [5, 5.41) is 6.31. The van der Waals surface area contributed by atoms with E-state index in [4.69, 9.17) is 4.74 Å². The molecule has 2 heterocycles. The van der Waals surface area contributed by atoms with Gasteiger partial charge < -0.3 is 20.3 Å². The molecule has 1 aliphatic rings. The average Bonchev–Trinajstić information content (AvgIpc) is 3.00. The minimum Gasteiger partial charge on any atom is -0.383 e. The molecule has 2 N–H and O–H groups in total. The highest BCUT2D eigenvalue weighted by molar-refractivity contribution is 5.44. The van der Waals surface area contributed by atoms with Crippen molar-refractivity contribution in [3.05, 3.63) is 0 Å². The lowest BCUT2D eigenvalue weighted by atomic mass is 10.2. The van der Waals surface area contributed by atoms with Gasteiger partial charge in [-0.1, -0.05) is 6.92 Å². The molecule has 112 valence electrons. The molecular weight excluding hydrogens is 256 g/mol. The Hall–Kier alpha value is -1.63. The van der Waals surface area contributed by atoms with Gasteiger partial charge in [0.05, 0.1) is 12.6 Å². The summed E-state index contributed by atoms with van der Waals surface area (Å²) >= 11 is 0. The monoisotopic (exact) mass is 280 g/mol. The van der Waals surface area contributed by atoms with Crippen LogP contribution in [0.1, 0.15) is 26.2 Å². The first-order valence-electron chi connectivity index (χ1n) is 7.21. The highest BCUT2D eigenvalue weighted by Crippen LogP contribution is 2.19. The number of ether oxygens (including phenoxy) is 1. The van der Waals surface area contributed by atoms with Gasteiger partial charge in [0.1, 0.15) is 0 Å². The van der Waals surface area contributed by atoms with Gasteiger partial charge in [0.25, 0.3) is 0 Å². The van der Waals surface area contributed by atoms with E-state index in [2.05, 4.69) is 37.4 Å². The predicted molar refractivity (Wildman–Crippen MR) is 80.4 cm³/mol. The molecule has 7 heteroatoms. The molecule has 0 amide bonds. The maximum absolute atomic E-state index is 5.19. The van der Waals surface area contributed by atoms with Crippen LogP contribution in [0.25, 0.3) is 0 Å². The molecule has 1 unspecified atom stereocenters. The Morgan fingerprint density at radius 2 is 1.90 bits per heavy atom. The second kappa shape index (κ2) is 7.23. The maximum Gasteiger partial charge on any atom is 0.231 e. The first kappa shape index (κ1) is 14.8. The molecule has 1 aromatic heterocycles. The molecule has 7 nitrogen and oxygen atoms in total. The van der Waals surface area contributed by atoms with Crippen LogP contribution in [0.5, 0.6) is 0 Å². The molecule has 0 bridgehead atoms. The van der Waals surface area contributed by atoms with E-state index >= 15 is 0 Å². The molecule has 0 aliphatic carbocycles. The molecule has 0 saturated carbocycles. The van der Waals surface area contributed by atoms with Crippen LogP contribution in [0.4, 0.5) is 17.8 Å². The van der Waals surface area contributed by atoms with Crippen LogP contribution in [0.15, 0.2) is 0 Å². The zero-order valence-corrected chi connectivity index (χ0v) is 12.5. The van der Waals surface area contributed by atoms with Crippen molar-refractivity contribution >= 4 is 17.8 Å². The molecule has 0 radical (unpaired) electrons. The van der Waals surface area contributed by atoms with Crippen LogP contribution < -0.4 is 15.5 Å². The number of methoxy groups -OCH3 is 1. The summed E-state index contributed by atoms with van der Waals surface area (Å²) in [6.07, 6.45) is 3.35. The Morgan fingerprint density at radius 1 is 1.20 bits per heavy atom. The van der Waals surface area contributed by atoms with Gasteiger partial charge in [-0.3, -0.25) is 0 Å². The third-order valence-electron chi connectivity index (χ3n) is 3.43. The topological polar surface area (TPSA) is 75.2 Å². The summed E-state index contributed by atoms with van der Waals surface area (Å²) in [6.45, 7) is 4.78. The van der Waals surface area contributed by atoms with Crippen molar-refractivity contribution in [3.63, 3.8) is 0 Å². The first-order valence-corrected chi connectivity index (χ1v) is 7.21. The van der Waals surface area contributed by atoms with E-state index in [1.807, 2.05) is 7.05 Å². The van der Waals surface area contributed by atoms with Crippen LogP contribution in [0, 0.1) is 0 Å². The number of aromatic nitrogens is 3. The Labute approximate surface area is 120 Å². The van der Waals surface area contributed by atoms with E-state index in [1.165, 1.54) is 12.8 Å². The Balaban J connectivity index is 2.16. The van der Waals surface area contributed by atoms with Crippen molar-refractivity contribution in [2.45, 2.75) is 32.2 Å². The Kier molecular flexibility index (Phi) is 5.34. The van der Waals surface area contributed by atoms with Crippen molar-refractivity contribution < 1.29 is 4.74 Å². The quantitative estimate of drug-likeness (QED) is 0.780. The summed E-state index contributed by atoms with van der Waals surface area (Å²) < 4.78 is 5.19. The van der Waals surface area contributed by atoms with E-state index in [1.54, 1.807) is 7.11 Å². The second-order valence-electron chi connectivity index (χ2n) is 4.93. The van der Waals surface area contributed by atoms with Gasteiger partial charge in [0.15, 0.2) is 0 Å². The van der Waals surface area contributed by atoms with Crippen molar-refractivity contribution in [3.8, 4) is 0 Å². The lowest BCUT2D eigenvalue weighted by Crippen LogP contribution is -2.27. The van der Waals surface area contributed by atoms with Gasteiger partial charge in [-0.25, -0.2) is 0 Å². The van der Waals surface area contributed by atoms with Crippen LogP contribution in [-0.4, -0.2) is 54.8 Å². The molecule has 1 fully saturated rings. The smallest absolute Gasteiger partial charge is 0.231 e. The average molecular weight is 280 g/mol. The molecule has 1 saturated heterocycles. The number of hydrogen-bond acceptors (Lipinski definition) is 7. The fourth-order valence-electron chi connectivity index (χ4n) is 2.24. The summed E-state index contributed by atoms with van der Waals surface area (Å²) in [5.74, 6) is 1.95. The van der Waals surface area contributed by atoms with Gasteiger partial charge in [-0.05, 0) is 19.3 Å². The normalized spacial score (nSPS) is 16.2. The third-order valence-corrected chi connectivity index (χ3v) is 3.43. The summed E-state index contributed by atoms with van der Waals surface area (Å²) in [7, 11) is 3.52. The van der Waals surface area contributed by atoms with Crippen LogP contribution in [0.3, 0.4) is 0 Å². The summed E-state index contributed by atoms with van der Waals surface area (Å²) in [4.78, 5) is 15.5. The molecule has 1 aromatic rings. The number of anilines is 3. The number of rotatable bonds is 7. The fraction of sp³-hybridized carbons (Fsp3) is 0.769. The predicted octanol–water partition coefficient (Wildman–Crippen LogP) is 1.35. The lowest BCUT2D eigenvalue weighted by Gasteiger charge is -2.19. The molecule has 20 heavy (non-hydrogen) atoms. The SMILES string of the molecule is CCC(COC)Nc1nc(NC)nc(N2CCCC2)n1. The molecule has 1 atom stereocenters. The zero-order valence-electron chi connectivity index (χ0n) is 12.5. The number of nitrogens with zero attached hydrogens (tertiary/aromatic N) is 4. The maximum atomic E-state index is 5.19. The van der Waals surface area contributed by atoms with Gasteiger partial charge in [0.2, 0.25) is 17.8 Å². The number of hydrogen-bond donors (Lipinski definition) is 2. The van der Waals surface area contributed by atoms with E-state index < -0.39 is 0 Å². The van der Waals surface area contributed by atoms with Gasteiger partial charge >= 0.3 is 0 Å². The lowest BCUT2D eigenvalue weighted by molar-refractivity contribution is 0.184. The fourth-order valence-corrected chi connectivity index (χ4v) is 2.24. The van der Waals surface area contributed by atoms with Crippen molar-refractivity contribution in [2.75, 3.05) is 49.4 Å². The van der Waals surface area contributed by atoms with Crippen molar-refractivity contribution in [1.82, 2.24) is 15.0 Å². The first-order chi connectivity index (χ1) is 9.76. The van der Waals surface area contributed by atoms with Crippen molar-refractivity contribution in [1.29, 1.82) is 0 Å². The zero-order chi connectivity index (χ0) is 14.4. The van der Waals surface area contributed by atoms with E-state index in [0.29, 0.717) is 18.5 Å². The van der Waals surface area contributed by atoms with Crippen LogP contribution in [0.2, 0.25) is 0 Å². The largest absolute Gasteiger partial charge is 0.383 e. The second-order valence-corrected chi connectivity index (χ2v) is 4.93. The minimum absolute atomic E-state index is 0.207. The number of nitrogens with one attached hydrogen (secondary N) is 2. The van der Waals surface area contributed by atoms with E-state index in [-0.39, 0.29) is 6.04 Å². The molecule has 0 aromatic carbocycles. The molecule has 2 rings (SSSR count). The third kappa shape index (κ3) is 3.69. The summed E-state index contributed by atoms with van der Waals surface area (Å²) in [5.41, 5.74) is 0. The van der Waals surface area contributed by atoms with Gasteiger partial charge in [-0.15, -0.1) is 0 Å². The van der Waals surface area contributed by atoms with E-state index in [9.17, 15) is 0 Å². The van der Waals surface area contributed by atoms with E-state index in [0.717, 1.165) is 25.5 Å². The van der Waals surface area contributed by atoms with Gasteiger partial charge in [-0.2, -0.15) is 15.0 Å². The highest BCUT2D eigenvalue weighted by atomic mass is 16.5. The summed E-state index contributed by atoms with van der Waals surface area (Å²) in [6, 6.07) is 0.207. The molecule has 0 spiro atoms. The Morgan fingerprint density at radius 3 is 2.50 bits per heavy atom. The minimum atomic E-state index is 0.207. The van der Waals surface area contributed by atoms with Gasteiger partial charge in [0, 0.05) is 27.2 Å². The molecule has 1 aliphatic heterocycles. The van der Waals surface area contributed by atoms with Crippen molar-refractivity contribution in [2.24, 2.45) is 0 Å². The van der Waals surface area contributed by atoms with Crippen LogP contribution >= 0.6 is 0 Å². The standard InChI is InChI=1S/C13H24N6O/c1-4-10(9-20-3)15-12-16-11(14-2)17-13(18-12)19-7-5-6-8-19/h10H,4-9H2,1-3H3,(H2,14,15,16,17,18). The Bertz CT molecular complexity index is 421.